The highest BCUT2D eigenvalue weighted by Crippen LogP contribution is 2.33. The highest BCUT2D eigenvalue weighted by molar-refractivity contribution is 8.18. The molecule has 0 spiro atoms. The lowest BCUT2D eigenvalue weighted by Gasteiger charge is -2.35. The number of piperazine rings is 1. The Kier molecular flexibility index (Phi) is 6.43. The summed E-state index contributed by atoms with van der Waals surface area (Å²) in [6.45, 7) is 6.98. The van der Waals surface area contributed by atoms with Crippen LogP contribution in [-0.2, 0) is 9.59 Å². The second kappa shape index (κ2) is 9.64. The third-order valence-electron chi connectivity index (χ3n) is 5.79. The van der Waals surface area contributed by atoms with Gasteiger partial charge in [-0.1, -0.05) is 59.7 Å². The van der Waals surface area contributed by atoms with Crippen molar-refractivity contribution in [3.05, 3.63) is 80.6 Å². The Bertz CT molecular complexity index is 1150. The molecule has 0 saturated carbocycles. The smallest absolute Gasteiger partial charge is 0.286 e. The molecule has 3 aliphatic heterocycles. The molecular formula is C26H24N4O2S2. The zero-order valence-corrected chi connectivity index (χ0v) is 20.7. The fourth-order valence-electron chi connectivity index (χ4n) is 3.78. The van der Waals surface area contributed by atoms with Gasteiger partial charge in [0.1, 0.15) is 0 Å². The molecular weight excluding hydrogens is 464 g/mol. The van der Waals surface area contributed by atoms with Crippen molar-refractivity contribution in [2.45, 2.75) is 13.8 Å². The van der Waals surface area contributed by atoms with Crippen molar-refractivity contribution in [1.82, 2.24) is 9.80 Å². The molecule has 0 atom stereocenters. The number of thioether (sulfide) groups is 2. The van der Waals surface area contributed by atoms with Crippen molar-refractivity contribution in [1.29, 1.82) is 0 Å². The number of aryl methyl sites for hydroxylation is 2. The van der Waals surface area contributed by atoms with E-state index in [9.17, 15) is 9.59 Å². The van der Waals surface area contributed by atoms with E-state index in [0.717, 1.165) is 47.6 Å². The van der Waals surface area contributed by atoms with Crippen LogP contribution < -0.4 is 0 Å². The Morgan fingerprint density at radius 1 is 0.647 bits per heavy atom. The van der Waals surface area contributed by atoms with Gasteiger partial charge in [0.2, 0.25) is 0 Å². The molecule has 34 heavy (non-hydrogen) atoms. The Hall–Kier alpha value is -3.10. The van der Waals surface area contributed by atoms with Gasteiger partial charge < -0.3 is 9.80 Å². The van der Waals surface area contributed by atoms with E-state index in [1.54, 1.807) is 0 Å². The quantitative estimate of drug-likeness (QED) is 0.578. The lowest BCUT2D eigenvalue weighted by molar-refractivity contribution is -0.114. The van der Waals surface area contributed by atoms with Crippen LogP contribution >= 0.6 is 23.5 Å². The number of aliphatic imine (C=N–C) groups is 2. The molecule has 6 nitrogen and oxygen atoms in total. The van der Waals surface area contributed by atoms with Crippen molar-refractivity contribution in [2.24, 2.45) is 9.98 Å². The molecule has 3 aliphatic rings. The molecule has 2 aromatic carbocycles. The summed E-state index contributed by atoms with van der Waals surface area (Å²) in [7, 11) is 0. The molecule has 172 valence electrons. The number of carbonyl (C=O) groups is 2. The number of rotatable bonds is 2. The summed E-state index contributed by atoms with van der Waals surface area (Å²) in [5, 5.41) is 1.50. The predicted molar refractivity (Wildman–Crippen MR) is 142 cm³/mol. The minimum atomic E-state index is -0.185. The summed E-state index contributed by atoms with van der Waals surface area (Å²) in [5.41, 5.74) is 4.37. The van der Waals surface area contributed by atoms with Gasteiger partial charge in [-0.25, -0.2) is 0 Å². The standard InChI is InChI=1S/C26H24N4O2S2/c1-17-3-7-19(8-4-17)15-21-23(31)27-25(33-21)29-11-13-30(14-12-29)26-28-24(32)22(34-26)16-20-9-5-18(2)6-10-20/h3-10,15-16H,11-14H2,1-2H3. The maximum atomic E-state index is 12.4. The third-order valence-corrected chi connectivity index (χ3v) is 7.88. The largest absolute Gasteiger partial charge is 0.347 e. The van der Waals surface area contributed by atoms with Gasteiger partial charge in [-0.15, -0.1) is 0 Å². The molecule has 3 heterocycles. The van der Waals surface area contributed by atoms with Crippen LogP contribution in [0.15, 0.2) is 68.3 Å². The second-order valence-corrected chi connectivity index (χ2v) is 10.4. The van der Waals surface area contributed by atoms with E-state index in [4.69, 9.17) is 0 Å². The normalized spacial score (nSPS) is 21.0. The number of amidine groups is 2. The Balaban J connectivity index is 1.18. The van der Waals surface area contributed by atoms with Gasteiger partial charge in [-0.2, -0.15) is 9.98 Å². The summed E-state index contributed by atoms with van der Waals surface area (Å²) in [6.07, 6.45) is 3.80. The highest BCUT2D eigenvalue weighted by Gasteiger charge is 2.32. The van der Waals surface area contributed by atoms with Crippen molar-refractivity contribution in [2.75, 3.05) is 26.2 Å². The number of carbonyl (C=O) groups excluding carboxylic acids is 2. The summed E-state index contributed by atoms with van der Waals surface area (Å²) >= 11 is 2.86. The topological polar surface area (TPSA) is 65.3 Å². The van der Waals surface area contributed by atoms with Crippen LogP contribution in [0.3, 0.4) is 0 Å². The molecule has 0 bridgehead atoms. The SMILES string of the molecule is Cc1ccc(C=C2SC(N3CCN(C4=NC(=O)C(=Cc5ccc(C)cc5)S4)CC3)=NC2=O)cc1. The Morgan fingerprint density at radius 3 is 1.35 bits per heavy atom. The second-order valence-electron chi connectivity index (χ2n) is 8.42. The van der Waals surface area contributed by atoms with E-state index in [1.807, 2.05) is 74.5 Å². The number of amides is 2. The van der Waals surface area contributed by atoms with Crippen LogP contribution in [0.25, 0.3) is 12.2 Å². The Labute approximate surface area is 207 Å². The molecule has 5 rings (SSSR count). The summed E-state index contributed by atoms with van der Waals surface area (Å²) < 4.78 is 0. The fourth-order valence-corrected chi connectivity index (χ4v) is 5.71. The van der Waals surface area contributed by atoms with Gasteiger partial charge in [0.25, 0.3) is 11.8 Å². The summed E-state index contributed by atoms with van der Waals surface area (Å²) in [6, 6.07) is 16.2. The first-order chi connectivity index (χ1) is 16.4. The maximum absolute atomic E-state index is 12.4. The van der Waals surface area contributed by atoms with Crippen LogP contribution in [0.5, 0.6) is 0 Å². The van der Waals surface area contributed by atoms with Gasteiger partial charge >= 0.3 is 0 Å². The fraction of sp³-hybridized carbons (Fsp3) is 0.231. The molecule has 1 saturated heterocycles. The molecule has 0 aliphatic carbocycles. The van der Waals surface area contributed by atoms with E-state index in [2.05, 4.69) is 19.8 Å². The average molecular weight is 489 g/mol. The van der Waals surface area contributed by atoms with E-state index < -0.39 is 0 Å². The first kappa shape index (κ1) is 22.7. The maximum Gasteiger partial charge on any atom is 0.286 e. The van der Waals surface area contributed by atoms with E-state index in [-0.39, 0.29) is 11.8 Å². The average Bonchev–Trinajstić information content (AvgIpc) is 3.39. The predicted octanol–water partition coefficient (Wildman–Crippen LogP) is 4.56. The van der Waals surface area contributed by atoms with E-state index >= 15 is 0 Å². The minimum absolute atomic E-state index is 0.185. The molecule has 0 N–H and O–H groups in total. The third kappa shape index (κ3) is 5.03. The van der Waals surface area contributed by atoms with Crippen LogP contribution in [0.1, 0.15) is 22.3 Å². The lowest BCUT2D eigenvalue weighted by atomic mass is 10.1. The molecule has 1 fully saturated rings. The van der Waals surface area contributed by atoms with Gasteiger partial charge in [-0.05, 0) is 60.7 Å². The van der Waals surface area contributed by atoms with Crippen LogP contribution in [0.4, 0.5) is 0 Å². The molecule has 2 aromatic rings. The van der Waals surface area contributed by atoms with Gasteiger partial charge in [0.15, 0.2) is 10.3 Å². The van der Waals surface area contributed by atoms with Crippen molar-refractivity contribution >= 4 is 57.8 Å². The molecule has 8 heteroatoms. The zero-order valence-electron chi connectivity index (χ0n) is 19.0. The van der Waals surface area contributed by atoms with Crippen molar-refractivity contribution < 1.29 is 9.59 Å². The van der Waals surface area contributed by atoms with Gasteiger partial charge in [-0.3, -0.25) is 9.59 Å². The number of benzene rings is 2. The van der Waals surface area contributed by atoms with E-state index in [0.29, 0.717) is 9.81 Å². The van der Waals surface area contributed by atoms with Crippen LogP contribution in [0, 0.1) is 13.8 Å². The number of hydrogen-bond acceptors (Lipinski definition) is 6. The summed E-state index contributed by atoms with van der Waals surface area (Å²) in [4.78, 5) is 39.0. The molecule has 0 unspecified atom stereocenters. The monoisotopic (exact) mass is 488 g/mol. The van der Waals surface area contributed by atoms with Crippen molar-refractivity contribution in [3.8, 4) is 0 Å². The highest BCUT2D eigenvalue weighted by atomic mass is 32.2. The van der Waals surface area contributed by atoms with E-state index in [1.165, 1.54) is 34.7 Å². The Morgan fingerprint density at radius 2 is 1.00 bits per heavy atom. The first-order valence-corrected chi connectivity index (χ1v) is 12.8. The van der Waals surface area contributed by atoms with Gasteiger partial charge in [0, 0.05) is 26.2 Å². The first-order valence-electron chi connectivity index (χ1n) is 11.1. The molecule has 0 radical (unpaired) electrons. The molecule has 0 aromatic heterocycles. The van der Waals surface area contributed by atoms with Crippen LogP contribution in [-0.4, -0.2) is 58.1 Å². The lowest BCUT2D eigenvalue weighted by Crippen LogP contribution is -2.49. The van der Waals surface area contributed by atoms with Gasteiger partial charge in [0.05, 0.1) is 9.81 Å². The van der Waals surface area contributed by atoms with Crippen LogP contribution in [0.2, 0.25) is 0 Å². The summed E-state index contributed by atoms with van der Waals surface area (Å²) in [5.74, 6) is -0.370. The molecule has 2 amide bonds. The zero-order chi connectivity index (χ0) is 23.7. The van der Waals surface area contributed by atoms with Crippen molar-refractivity contribution in [3.63, 3.8) is 0 Å². The minimum Gasteiger partial charge on any atom is -0.347 e. The number of hydrogen-bond donors (Lipinski definition) is 0. The number of nitrogens with zero attached hydrogens (tertiary/aromatic N) is 4.